The van der Waals surface area contributed by atoms with E-state index in [1.807, 2.05) is 0 Å². The maximum absolute atomic E-state index is 5.90. The maximum atomic E-state index is 5.90. The fraction of sp³-hybridized carbons (Fsp3) is 0.667. The van der Waals surface area contributed by atoms with Crippen LogP contribution in [0.2, 0.25) is 0 Å². The first kappa shape index (κ1) is 15.4. The quantitative estimate of drug-likeness (QED) is 0.720. The van der Waals surface area contributed by atoms with E-state index in [1.54, 1.807) is 0 Å². The van der Waals surface area contributed by atoms with Crippen LogP contribution in [-0.2, 0) is 5.41 Å². The molecule has 0 aliphatic heterocycles. The summed E-state index contributed by atoms with van der Waals surface area (Å²) in [7, 11) is 0. The minimum Gasteiger partial charge on any atom is -0.490 e. The molecule has 1 aliphatic carbocycles. The number of ether oxygens (including phenoxy) is 1. The van der Waals surface area contributed by atoms with Gasteiger partial charge in [0.2, 0.25) is 0 Å². The van der Waals surface area contributed by atoms with E-state index in [0.29, 0.717) is 12.0 Å². The second-order valence-electron chi connectivity index (χ2n) is 7.08. The highest BCUT2D eigenvalue weighted by Gasteiger charge is 2.25. The van der Waals surface area contributed by atoms with E-state index in [2.05, 4.69) is 57.3 Å². The Balaban J connectivity index is 1.89. The first-order chi connectivity index (χ1) is 9.47. The van der Waals surface area contributed by atoms with Gasteiger partial charge < -0.3 is 10.1 Å². The molecular weight excluding hydrogens is 246 g/mol. The minimum atomic E-state index is 0.187. The van der Waals surface area contributed by atoms with Gasteiger partial charge in [-0.1, -0.05) is 39.8 Å². The van der Waals surface area contributed by atoms with Gasteiger partial charge in [0.25, 0.3) is 0 Å². The maximum Gasteiger partial charge on any atom is 0.120 e. The van der Waals surface area contributed by atoms with Crippen LogP contribution in [0.15, 0.2) is 24.3 Å². The number of benzene rings is 1. The van der Waals surface area contributed by atoms with Crippen molar-refractivity contribution < 1.29 is 4.74 Å². The van der Waals surface area contributed by atoms with Gasteiger partial charge in [0.05, 0.1) is 6.10 Å². The Kier molecular flexibility index (Phi) is 5.09. The Labute approximate surface area is 123 Å². The molecule has 0 unspecified atom stereocenters. The summed E-state index contributed by atoms with van der Waals surface area (Å²) < 4.78 is 5.90. The zero-order valence-corrected chi connectivity index (χ0v) is 13.4. The van der Waals surface area contributed by atoms with Crippen LogP contribution in [-0.4, -0.2) is 19.2 Å². The summed E-state index contributed by atoms with van der Waals surface area (Å²) >= 11 is 0. The zero-order chi connectivity index (χ0) is 14.6. The number of nitrogens with one attached hydrogen (secondary N) is 1. The Morgan fingerprint density at radius 2 is 2.05 bits per heavy atom. The van der Waals surface area contributed by atoms with Crippen molar-refractivity contribution in [3.63, 3.8) is 0 Å². The lowest BCUT2D eigenvalue weighted by molar-refractivity contribution is 0.302. The summed E-state index contributed by atoms with van der Waals surface area (Å²) in [5.41, 5.74) is 1.56. The highest BCUT2D eigenvalue weighted by molar-refractivity contribution is 5.33. The Hall–Kier alpha value is -1.02. The first-order valence-corrected chi connectivity index (χ1v) is 7.95. The van der Waals surface area contributed by atoms with Gasteiger partial charge in [-0.2, -0.15) is 0 Å². The second-order valence-corrected chi connectivity index (χ2v) is 7.08. The molecule has 0 amide bonds. The van der Waals surface area contributed by atoms with Gasteiger partial charge in [-0.3, -0.25) is 0 Å². The van der Waals surface area contributed by atoms with Crippen LogP contribution in [0.4, 0.5) is 0 Å². The standard InChI is InChI=1S/C18H29NO/c1-14(2)13-19-11-10-18(3,4)15-6-5-7-17(12-15)20-16-8-9-16/h5-7,12,14,16,19H,8-11,13H2,1-4H3. The predicted molar refractivity (Wildman–Crippen MR) is 85.4 cm³/mol. The van der Waals surface area contributed by atoms with Crippen LogP contribution < -0.4 is 10.1 Å². The summed E-state index contributed by atoms with van der Waals surface area (Å²) in [6, 6.07) is 8.65. The van der Waals surface area contributed by atoms with E-state index in [4.69, 9.17) is 4.74 Å². The molecule has 1 saturated carbocycles. The van der Waals surface area contributed by atoms with Crippen LogP contribution in [0.25, 0.3) is 0 Å². The third-order valence-corrected chi connectivity index (χ3v) is 3.92. The zero-order valence-electron chi connectivity index (χ0n) is 13.4. The molecule has 2 nitrogen and oxygen atoms in total. The molecule has 2 rings (SSSR count). The highest BCUT2D eigenvalue weighted by Crippen LogP contribution is 2.32. The lowest BCUT2D eigenvalue weighted by Crippen LogP contribution is -2.27. The summed E-state index contributed by atoms with van der Waals surface area (Å²) in [4.78, 5) is 0. The number of rotatable bonds is 8. The van der Waals surface area contributed by atoms with Gasteiger partial charge in [0.15, 0.2) is 0 Å². The Bertz CT molecular complexity index is 421. The van der Waals surface area contributed by atoms with E-state index < -0.39 is 0 Å². The summed E-state index contributed by atoms with van der Waals surface area (Å²) in [5.74, 6) is 1.75. The Morgan fingerprint density at radius 3 is 2.70 bits per heavy atom. The topological polar surface area (TPSA) is 21.3 Å². The molecule has 20 heavy (non-hydrogen) atoms. The van der Waals surface area contributed by atoms with E-state index in [0.717, 1.165) is 25.3 Å². The van der Waals surface area contributed by atoms with Crippen LogP contribution >= 0.6 is 0 Å². The highest BCUT2D eigenvalue weighted by atomic mass is 16.5. The average Bonchev–Trinajstić information content (AvgIpc) is 3.19. The van der Waals surface area contributed by atoms with Crippen molar-refractivity contribution in [3.8, 4) is 5.75 Å². The van der Waals surface area contributed by atoms with Gasteiger partial charge in [0.1, 0.15) is 5.75 Å². The van der Waals surface area contributed by atoms with Gasteiger partial charge in [-0.05, 0) is 61.4 Å². The molecular formula is C18H29NO. The van der Waals surface area contributed by atoms with E-state index in [-0.39, 0.29) is 5.41 Å². The molecule has 0 saturated heterocycles. The van der Waals surface area contributed by atoms with Crippen molar-refractivity contribution in [3.05, 3.63) is 29.8 Å². The molecule has 0 heterocycles. The smallest absolute Gasteiger partial charge is 0.120 e. The third kappa shape index (κ3) is 4.82. The van der Waals surface area contributed by atoms with Crippen molar-refractivity contribution in [2.75, 3.05) is 13.1 Å². The Morgan fingerprint density at radius 1 is 1.30 bits per heavy atom. The summed E-state index contributed by atoms with van der Waals surface area (Å²) in [6.45, 7) is 11.3. The molecule has 0 bridgehead atoms. The monoisotopic (exact) mass is 275 g/mol. The van der Waals surface area contributed by atoms with E-state index in [1.165, 1.54) is 18.4 Å². The fourth-order valence-electron chi connectivity index (χ4n) is 2.30. The lowest BCUT2D eigenvalue weighted by Gasteiger charge is -2.26. The molecule has 0 radical (unpaired) electrons. The van der Waals surface area contributed by atoms with Gasteiger partial charge in [-0.15, -0.1) is 0 Å². The third-order valence-electron chi connectivity index (χ3n) is 3.92. The normalized spacial score (nSPS) is 15.7. The van der Waals surface area contributed by atoms with Crippen LogP contribution in [0.3, 0.4) is 0 Å². The molecule has 1 aliphatic rings. The molecule has 1 aromatic rings. The van der Waals surface area contributed by atoms with Crippen LogP contribution in [0.5, 0.6) is 5.75 Å². The van der Waals surface area contributed by atoms with Crippen molar-refractivity contribution in [2.24, 2.45) is 5.92 Å². The number of hydrogen-bond acceptors (Lipinski definition) is 2. The second kappa shape index (κ2) is 6.62. The average molecular weight is 275 g/mol. The van der Waals surface area contributed by atoms with Crippen molar-refractivity contribution in [2.45, 2.75) is 58.5 Å². The van der Waals surface area contributed by atoms with Crippen molar-refractivity contribution >= 4 is 0 Å². The molecule has 0 atom stereocenters. The minimum absolute atomic E-state index is 0.187. The van der Waals surface area contributed by atoms with Gasteiger partial charge in [0, 0.05) is 0 Å². The number of hydrogen-bond donors (Lipinski definition) is 1. The predicted octanol–water partition coefficient (Wildman–Crippen LogP) is 4.14. The van der Waals surface area contributed by atoms with E-state index in [9.17, 15) is 0 Å². The van der Waals surface area contributed by atoms with E-state index >= 15 is 0 Å². The lowest BCUT2D eigenvalue weighted by atomic mass is 9.81. The van der Waals surface area contributed by atoms with Gasteiger partial charge >= 0.3 is 0 Å². The molecule has 1 N–H and O–H groups in total. The molecule has 1 fully saturated rings. The SMILES string of the molecule is CC(C)CNCCC(C)(C)c1cccc(OC2CC2)c1. The molecule has 2 heteroatoms. The fourth-order valence-corrected chi connectivity index (χ4v) is 2.30. The van der Waals surface area contributed by atoms with Gasteiger partial charge in [-0.25, -0.2) is 0 Å². The molecule has 1 aromatic carbocycles. The molecule has 0 aromatic heterocycles. The van der Waals surface area contributed by atoms with Crippen LogP contribution in [0, 0.1) is 5.92 Å². The summed E-state index contributed by atoms with van der Waals surface area (Å²) in [5, 5.41) is 3.54. The molecule has 112 valence electrons. The molecule has 0 spiro atoms. The summed E-state index contributed by atoms with van der Waals surface area (Å²) in [6.07, 6.45) is 4.05. The largest absolute Gasteiger partial charge is 0.490 e. The van der Waals surface area contributed by atoms with Crippen LogP contribution in [0.1, 0.15) is 52.5 Å². The first-order valence-electron chi connectivity index (χ1n) is 7.95. The van der Waals surface area contributed by atoms with Crippen molar-refractivity contribution in [1.82, 2.24) is 5.32 Å². The van der Waals surface area contributed by atoms with Crippen molar-refractivity contribution in [1.29, 1.82) is 0 Å².